The summed E-state index contributed by atoms with van der Waals surface area (Å²) in [7, 11) is 0. The number of benzene rings is 2. The molecule has 2 N–H and O–H groups in total. The summed E-state index contributed by atoms with van der Waals surface area (Å²) in [6.07, 6.45) is 16.8. The lowest BCUT2D eigenvalue weighted by molar-refractivity contribution is -0.133. The Morgan fingerprint density at radius 1 is 1.03 bits per heavy atom. The molecule has 3 atom stereocenters. The fourth-order valence-corrected chi connectivity index (χ4v) is 11.6. The first-order chi connectivity index (χ1) is 27.7. The third-order valence-electron chi connectivity index (χ3n) is 14.3. The number of alkyl halides is 1. The van der Waals surface area contributed by atoms with Gasteiger partial charge in [-0.05, 0) is 118 Å². The Balaban J connectivity index is 1.07. The molecule has 4 aliphatic carbocycles. The van der Waals surface area contributed by atoms with E-state index in [0.29, 0.717) is 62.7 Å². The van der Waals surface area contributed by atoms with Crippen molar-refractivity contribution >= 4 is 33.4 Å². The monoisotopic (exact) mass is 788 g/mol. The predicted molar refractivity (Wildman–Crippen MR) is 215 cm³/mol. The number of piperidine rings is 1. The number of rotatable bonds is 8. The zero-order valence-electron chi connectivity index (χ0n) is 33.1. The highest BCUT2D eigenvalue weighted by Crippen LogP contribution is 2.90. The lowest BCUT2D eigenvalue weighted by Crippen LogP contribution is -2.50. The van der Waals surface area contributed by atoms with Gasteiger partial charge >= 0.3 is 6.01 Å². The number of carbonyl (C=O) groups is 1. The van der Waals surface area contributed by atoms with Crippen LogP contribution in [0.4, 0.5) is 19.0 Å². The first kappa shape index (κ1) is 37.2. The number of amides is 1. The van der Waals surface area contributed by atoms with Crippen molar-refractivity contribution in [3.05, 3.63) is 47.2 Å². The smallest absolute Gasteiger partial charge is 0.319 e. The van der Waals surface area contributed by atoms with Crippen molar-refractivity contribution in [2.45, 2.75) is 77.4 Å². The maximum absolute atomic E-state index is 17.5. The van der Waals surface area contributed by atoms with Crippen LogP contribution in [0.25, 0.3) is 32.9 Å². The Bertz CT molecular complexity index is 2510. The zero-order chi connectivity index (χ0) is 40.5. The van der Waals surface area contributed by atoms with Crippen LogP contribution in [-0.2, 0) is 4.79 Å². The molecule has 3 unspecified atom stereocenters. The Kier molecular flexibility index (Phi) is 8.16. The molecule has 0 radical (unpaired) electrons. The van der Waals surface area contributed by atoms with E-state index in [9.17, 15) is 14.3 Å². The fraction of sp³-hybridized carbons (Fsp3) is 0.522. The molecular weight excluding hydrogens is 742 g/mol. The van der Waals surface area contributed by atoms with Crippen LogP contribution in [0.2, 0.25) is 0 Å². The minimum Gasteiger partial charge on any atom is -0.508 e. The van der Waals surface area contributed by atoms with Gasteiger partial charge in [0.1, 0.15) is 40.5 Å². The summed E-state index contributed by atoms with van der Waals surface area (Å²) in [4.78, 5) is 32.7. The molecule has 3 saturated heterocycles. The average molecular weight is 789 g/mol. The maximum Gasteiger partial charge on any atom is 0.319 e. The number of hydrogen-bond acceptors (Lipinski definition) is 8. The van der Waals surface area contributed by atoms with Crippen LogP contribution in [0.3, 0.4) is 0 Å². The molecule has 11 rings (SSSR count). The summed E-state index contributed by atoms with van der Waals surface area (Å²) >= 11 is 0. The number of anilines is 1. The Morgan fingerprint density at radius 3 is 2.48 bits per heavy atom. The first-order valence-electron chi connectivity index (χ1n) is 20.5. The number of terminal acetylenes is 2. The maximum atomic E-state index is 17.5. The van der Waals surface area contributed by atoms with Gasteiger partial charge in [-0.15, -0.1) is 12.8 Å². The van der Waals surface area contributed by atoms with Crippen LogP contribution >= 0.6 is 0 Å². The molecule has 4 aromatic rings. The highest BCUT2D eigenvalue weighted by molar-refractivity contribution is 6.04. The molecule has 4 saturated carbocycles. The molecule has 300 valence electrons. The van der Waals surface area contributed by atoms with Crippen molar-refractivity contribution in [2.24, 2.45) is 34.0 Å². The lowest BCUT2D eigenvalue weighted by atomic mass is 9.67. The SMILES string of the molecule is C#Cc1c(F)ccc2cc(O)cc(-c3nc(C#C)c4c(N5CC6CC7(C6)C6C(C5)CC67C(=O)NC(C)(C)C)nc(OCC5(CN6CCC(F)CC6)CC5)nc4c3F)c12. The van der Waals surface area contributed by atoms with Crippen molar-refractivity contribution in [2.75, 3.05) is 44.2 Å². The fourth-order valence-electron chi connectivity index (χ4n) is 11.6. The number of nitrogens with one attached hydrogen (secondary N) is 1. The number of likely N-dealkylation sites (tertiary alicyclic amines) is 1. The van der Waals surface area contributed by atoms with Crippen LogP contribution in [-0.4, -0.2) is 81.9 Å². The summed E-state index contributed by atoms with van der Waals surface area (Å²) in [5.41, 5.74) is -1.06. The highest BCUT2D eigenvalue weighted by Gasteiger charge is 2.90. The number of halogens is 3. The average Bonchev–Trinajstić information content (AvgIpc) is 4.01. The number of nitrogens with zero attached hydrogens (tertiary/aromatic N) is 5. The van der Waals surface area contributed by atoms with E-state index in [2.05, 4.69) is 31.9 Å². The normalized spacial score (nSPS) is 28.3. The standard InChI is InChI=1S/C46H47F3N6O3/c1-6-30-32(48)9-8-26-16-29(56)17-31(34(26)30)37-36(49)38-35(33(7-2)50-37)40(52-42(51-38)58-24-44(12-13-44)23-54-14-10-28(47)11-15-54)55-21-25-18-45(19-25)39-27(22-55)20-46(39,45)41(57)53-43(3,4)5/h1-2,8-9,16-17,25,27-28,39,56H,10-15,18-24H2,3-5H3,(H,53,57). The van der Waals surface area contributed by atoms with Crippen LogP contribution in [0.1, 0.15) is 77.0 Å². The van der Waals surface area contributed by atoms with E-state index < -0.39 is 17.8 Å². The largest absolute Gasteiger partial charge is 0.508 e. The van der Waals surface area contributed by atoms with E-state index in [0.717, 1.165) is 38.6 Å². The number of phenols is 1. The number of aromatic nitrogens is 3. The molecule has 2 bridgehead atoms. The second-order valence-electron chi connectivity index (χ2n) is 19.2. The second kappa shape index (κ2) is 12.7. The number of ether oxygens (including phenoxy) is 1. The Labute approximate surface area is 336 Å². The van der Waals surface area contributed by atoms with Gasteiger partial charge in [0.15, 0.2) is 5.82 Å². The Morgan fingerprint density at radius 2 is 1.79 bits per heavy atom. The zero-order valence-corrected chi connectivity index (χ0v) is 33.1. The molecular formula is C46H47F3N6O3. The molecule has 1 amide bonds. The molecule has 1 spiro atoms. The summed E-state index contributed by atoms with van der Waals surface area (Å²) in [5.74, 6) is 4.72. The highest BCUT2D eigenvalue weighted by atomic mass is 19.1. The van der Waals surface area contributed by atoms with Gasteiger partial charge in [-0.1, -0.05) is 12.0 Å². The van der Waals surface area contributed by atoms with E-state index in [-0.39, 0.29) is 90.1 Å². The van der Waals surface area contributed by atoms with Gasteiger partial charge in [0.2, 0.25) is 5.91 Å². The minimum atomic E-state index is -0.838. The van der Waals surface area contributed by atoms with E-state index in [1.54, 1.807) is 0 Å². The first-order valence-corrected chi connectivity index (χ1v) is 20.5. The van der Waals surface area contributed by atoms with E-state index in [1.165, 1.54) is 24.3 Å². The third kappa shape index (κ3) is 5.57. The van der Waals surface area contributed by atoms with Crippen LogP contribution in [0, 0.1) is 70.3 Å². The van der Waals surface area contributed by atoms with E-state index in [4.69, 9.17) is 27.6 Å². The topological polar surface area (TPSA) is 104 Å². The number of carbonyl (C=O) groups excluding carboxylic acids is 1. The quantitative estimate of drug-likeness (QED) is 0.182. The molecule has 58 heavy (non-hydrogen) atoms. The summed E-state index contributed by atoms with van der Waals surface area (Å²) in [6.45, 7) is 9.75. The van der Waals surface area contributed by atoms with Gasteiger partial charge in [0.05, 0.1) is 23.0 Å². The van der Waals surface area contributed by atoms with Gasteiger partial charge in [-0.25, -0.2) is 18.2 Å². The van der Waals surface area contributed by atoms with Gasteiger partial charge in [0, 0.05) is 54.6 Å². The van der Waals surface area contributed by atoms with Crippen molar-refractivity contribution in [1.29, 1.82) is 0 Å². The number of hydrogen-bond donors (Lipinski definition) is 2. The predicted octanol–water partition coefficient (Wildman–Crippen LogP) is 7.15. The third-order valence-corrected chi connectivity index (χ3v) is 14.3. The molecule has 5 heterocycles. The second-order valence-corrected chi connectivity index (χ2v) is 19.2. The molecule has 7 fully saturated rings. The van der Waals surface area contributed by atoms with Gasteiger partial charge in [-0.3, -0.25) is 4.79 Å². The van der Waals surface area contributed by atoms with Crippen molar-refractivity contribution in [3.8, 4) is 47.7 Å². The summed E-state index contributed by atoms with van der Waals surface area (Å²) in [5, 5.41) is 14.9. The molecule has 12 heteroatoms. The number of pyridine rings is 1. The molecule has 2 aromatic heterocycles. The molecule has 9 nitrogen and oxygen atoms in total. The van der Waals surface area contributed by atoms with Gasteiger partial charge in [-0.2, -0.15) is 9.97 Å². The minimum absolute atomic E-state index is 0.00432. The van der Waals surface area contributed by atoms with Gasteiger partial charge < -0.3 is 25.0 Å². The lowest BCUT2D eigenvalue weighted by Gasteiger charge is -2.43. The molecule has 3 aliphatic heterocycles. The van der Waals surface area contributed by atoms with Crippen molar-refractivity contribution in [1.82, 2.24) is 25.2 Å². The molecule has 7 aliphatic rings. The van der Waals surface area contributed by atoms with Crippen molar-refractivity contribution < 1.29 is 27.8 Å². The van der Waals surface area contributed by atoms with Crippen LogP contribution in [0.15, 0.2) is 24.3 Å². The number of phenolic OH excluding ortho intramolecular Hbond substituents is 1. The van der Waals surface area contributed by atoms with Crippen LogP contribution in [0.5, 0.6) is 11.8 Å². The summed E-state index contributed by atoms with van der Waals surface area (Å²) in [6, 6.07) is 5.40. The number of aromatic hydroxyl groups is 1. The van der Waals surface area contributed by atoms with Crippen LogP contribution < -0.4 is 15.0 Å². The summed E-state index contributed by atoms with van der Waals surface area (Å²) < 4.78 is 53.0. The molecule has 2 aromatic carbocycles. The van der Waals surface area contributed by atoms with E-state index >= 15 is 8.78 Å². The number of fused-ring (bicyclic) bond motifs is 4. The Hall–Kier alpha value is -5.07. The van der Waals surface area contributed by atoms with E-state index in [1.807, 2.05) is 20.8 Å². The van der Waals surface area contributed by atoms with Crippen molar-refractivity contribution in [3.63, 3.8) is 0 Å². The van der Waals surface area contributed by atoms with Gasteiger partial charge in [0.25, 0.3) is 0 Å².